The number of ether oxygens (including phenoxy) is 1. The summed E-state index contributed by atoms with van der Waals surface area (Å²) in [5.74, 6) is -0.998. The van der Waals surface area contributed by atoms with Crippen molar-refractivity contribution in [1.82, 2.24) is 4.31 Å². The second-order valence-electron chi connectivity index (χ2n) is 6.64. The van der Waals surface area contributed by atoms with Crippen molar-refractivity contribution in [1.29, 1.82) is 0 Å². The van der Waals surface area contributed by atoms with Gasteiger partial charge < -0.3 is 4.74 Å². The van der Waals surface area contributed by atoms with E-state index in [0.29, 0.717) is 17.7 Å². The van der Waals surface area contributed by atoms with Crippen LogP contribution in [-0.4, -0.2) is 43.7 Å². The molecule has 0 unspecified atom stereocenters. The fourth-order valence-corrected chi connectivity index (χ4v) is 4.59. The molecule has 1 atom stereocenters. The number of carbonyl (C=O) groups excluding carboxylic acids is 2. The summed E-state index contributed by atoms with van der Waals surface area (Å²) < 4.78 is 32.2. The molecule has 7 heteroatoms. The minimum absolute atomic E-state index is 0.205. The average molecular weight is 367 g/mol. The van der Waals surface area contributed by atoms with Gasteiger partial charge in [-0.2, -0.15) is 4.31 Å². The van der Waals surface area contributed by atoms with Gasteiger partial charge in [0.05, 0.1) is 10.8 Å². The molecule has 0 saturated carbocycles. The van der Waals surface area contributed by atoms with E-state index < -0.39 is 22.1 Å². The van der Waals surface area contributed by atoms with Crippen LogP contribution in [0.5, 0.6) is 0 Å². The van der Waals surface area contributed by atoms with Crippen molar-refractivity contribution in [2.24, 2.45) is 5.92 Å². The summed E-state index contributed by atoms with van der Waals surface area (Å²) in [6, 6.07) is 5.27. The first-order chi connectivity index (χ1) is 11.6. The first-order valence-electron chi connectivity index (χ1n) is 8.41. The van der Waals surface area contributed by atoms with Crippen LogP contribution in [0.15, 0.2) is 23.1 Å². The zero-order valence-electron chi connectivity index (χ0n) is 15.1. The molecule has 0 bridgehead atoms. The van der Waals surface area contributed by atoms with Crippen molar-refractivity contribution >= 4 is 21.8 Å². The predicted molar refractivity (Wildman–Crippen MR) is 93.6 cm³/mol. The zero-order valence-corrected chi connectivity index (χ0v) is 15.9. The molecule has 138 valence electrons. The Balaban J connectivity index is 2.04. The highest BCUT2D eigenvalue weighted by atomic mass is 32.2. The first kappa shape index (κ1) is 19.6. The molecule has 1 aliphatic rings. The van der Waals surface area contributed by atoms with Crippen LogP contribution < -0.4 is 0 Å². The SMILES string of the molecule is CC(=O)[C@@H](C)OC(=O)C1CCN(S(=O)(=O)c2ccc(C)cc2C)CC1. The lowest BCUT2D eigenvalue weighted by Crippen LogP contribution is -2.41. The molecule has 0 spiro atoms. The van der Waals surface area contributed by atoms with E-state index in [1.807, 2.05) is 13.0 Å². The summed E-state index contributed by atoms with van der Waals surface area (Å²) in [7, 11) is -3.57. The number of piperidine rings is 1. The molecule has 1 aromatic rings. The van der Waals surface area contributed by atoms with E-state index in [0.717, 1.165) is 11.1 Å². The maximum Gasteiger partial charge on any atom is 0.309 e. The van der Waals surface area contributed by atoms with Gasteiger partial charge in [-0.25, -0.2) is 8.42 Å². The van der Waals surface area contributed by atoms with Crippen LogP contribution in [0.25, 0.3) is 0 Å². The standard InChI is InChI=1S/C18H25NO5S/c1-12-5-6-17(13(2)11-12)25(22,23)19-9-7-16(8-10-19)18(21)24-15(4)14(3)20/h5-6,11,15-16H,7-10H2,1-4H3/t15-/m1/s1. The zero-order chi connectivity index (χ0) is 18.8. The van der Waals surface area contributed by atoms with Crippen LogP contribution in [0.1, 0.15) is 37.8 Å². The number of hydrogen-bond acceptors (Lipinski definition) is 5. The molecule has 0 amide bonds. The molecule has 25 heavy (non-hydrogen) atoms. The van der Waals surface area contributed by atoms with Gasteiger partial charge in [-0.1, -0.05) is 17.7 Å². The monoisotopic (exact) mass is 367 g/mol. The number of esters is 1. The van der Waals surface area contributed by atoms with Crippen molar-refractivity contribution in [2.45, 2.75) is 51.5 Å². The highest BCUT2D eigenvalue weighted by Crippen LogP contribution is 2.27. The van der Waals surface area contributed by atoms with Crippen LogP contribution in [0, 0.1) is 19.8 Å². The maximum absolute atomic E-state index is 12.8. The van der Waals surface area contributed by atoms with E-state index in [1.165, 1.54) is 11.2 Å². The summed E-state index contributed by atoms with van der Waals surface area (Å²) in [5, 5.41) is 0. The first-order valence-corrected chi connectivity index (χ1v) is 9.85. The highest BCUT2D eigenvalue weighted by molar-refractivity contribution is 7.89. The Hall–Kier alpha value is -1.73. The number of hydrogen-bond donors (Lipinski definition) is 0. The number of nitrogens with zero attached hydrogens (tertiary/aromatic N) is 1. The van der Waals surface area contributed by atoms with Crippen LogP contribution in [-0.2, 0) is 24.3 Å². The number of aryl methyl sites for hydroxylation is 2. The summed E-state index contributed by atoms with van der Waals surface area (Å²) in [5.41, 5.74) is 1.73. The van der Waals surface area contributed by atoms with Gasteiger partial charge in [-0.05, 0) is 52.2 Å². The Morgan fingerprint density at radius 3 is 2.32 bits per heavy atom. The van der Waals surface area contributed by atoms with Crippen molar-refractivity contribution in [3.8, 4) is 0 Å². The third-order valence-electron chi connectivity index (χ3n) is 4.60. The molecular weight excluding hydrogens is 342 g/mol. The molecule has 0 aromatic heterocycles. The summed E-state index contributed by atoms with van der Waals surface area (Å²) in [4.78, 5) is 23.6. The molecule has 1 fully saturated rings. The minimum Gasteiger partial charge on any atom is -0.454 e. The summed E-state index contributed by atoms with van der Waals surface area (Å²) in [6.45, 7) is 7.15. The molecule has 1 saturated heterocycles. The number of benzene rings is 1. The van der Waals surface area contributed by atoms with Crippen molar-refractivity contribution in [3.63, 3.8) is 0 Å². The number of Topliss-reactive ketones (excluding diaryl/α,β-unsaturated/α-hetero) is 1. The van der Waals surface area contributed by atoms with Gasteiger partial charge in [0, 0.05) is 13.1 Å². The third-order valence-corrected chi connectivity index (χ3v) is 6.66. The Bertz CT molecular complexity index is 764. The number of ketones is 1. The third kappa shape index (κ3) is 4.46. The maximum atomic E-state index is 12.8. The quantitative estimate of drug-likeness (QED) is 0.746. The lowest BCUT2D eigenvalue weighted by molar-refractivity contribution is -0.158. The molecule has 1 aromatic carbocycles. The van der Waals surface area contributed by atoms with E-state index in [9.17, 15) is 18.0 Å². The molecule has 0 N–H and O–H groups in total. The molecule has 0 aliphatic carbocycles. The van der Waals surface area contributed by atoms with E-state index in [1.54, 1.807) is 26.0 Å². The molecule has 2 rings (SSSR count). The van der Waals surface area contributed by atoms with Gasteiger partial charge in [0.2, 0.25) is 10.0 Å². The summed E-state index contributed by atoms with van der Waals surface area (Å²) in [6.07, 6.45) is 0.0331. The van der Waals surface area contributed by atoms with Crippen LogP contribution in [0.3, 0.4) is 0 Å². The lowest BCUT2D eigenvalue weighted by atomic mass is 9.98. The highest BCUT2D eigenvalue weighted by Gasteiger charge is 2.34. The van der Waals surface area contributed by atoms with Crippen molar-refractivity contribution in [3.05, 3.63) is 29.3 Å². The van der Waals surface area contributed by atoms with E-state index >= 15 is 0 Å². The largest absolute Gasteiger partial charge is 0.454 e. The van der Waals surface area contributed by atoms with Gasteiger partial charge in [0.1, 0.15) is 0 Å². The fourth-order valence-electron chi connectivity index (χ4n) is 2.91. The number of rotatable bonds is 5. The van der Waals surface area contributed by atoms with Crippen LogP contribution >= 0.6 is 0 Å². The van der Waals surface area contributed by atoms with Gasteiger partial charge >= 0.3 is 5.97 Å². The van der Waals surface area contributed by atoms with Gasteiger partial charge in [-0.3, -0.25) is 9.59 Å². The van der Waals surface area contributed by atoms with E-state index in [-0.39, 0.29) is 24.8 Å². The van der Waals surface area contributed by atoms with Crippen LogP contribution in [0.2, 0.25) is 0 Å². The normalized spacial score (nSPS) is 17.9. The predicted octanol–water partition coefficient (Wildman–Crippen LogP) is 2.22. The van der Waals surface area contributed by atoms with Crippen molar-refractivity contribution < 1.29 is 22.7 Å². The molecule has 1 heterocycles. The molecule has 1 aliphatic heterocycles. The average Bonchev–Trinajstić information content (AvgIpc) is 2.54. The van der Waals surface area contributed by atoms with Crippen molar-refractivity contribution in [2.75, 3.05) is 13.1 Å². The topological polar surface area (TPSA) is 80.8 Å². The van der Waals surface area contributed by atoms with E-state index in [2.05, 4.69) is 0 Å². The Morgan fingerprint density at radius 2 is 1.80 bits per heavy atom. The Morgan fingerprint density at radius 1 is 1.20 bits per heavy atom. The lowest BCUT2D eigenvalue weighted by Gasteiger charge is -2.31. The van der Waals surface area contributed by atoms with Gasteiger partial charge in [0.15, 0.2) is 11.9 Å². The fraction of sp³-hybridized carbons (Fsp3) is 0.556. The minimum atomic E-state index is -3.57. The number of carbonyl (C=O) groups is 2. The van der Waals surface area contributed by atoms with Gasteiger partial charge in [-0.15, -0.1) is 0 Å². The smallest absolute Gasteiger partial charge is 0.309 e. The molecule has 6 nitrogen and oxygen atoms in total. The Kier molecular flexibility index (Phi) is 6.00. The van der Waals surface area contributed by atoms with Gasteiger partial charge in [0.25, 0.3) is 0 Å². The second-order valence-corrected chi connectivity index (χ2v) is 8.54. The van der Waals surface area contributed by atoms with Crippen LogP contribution in [0.4, 0.5) is 0 Å². The second kappa shape index (κ2) is 7.66. The van der Waals surface area contributed by atoms with E-state index in [4.69, 9.17) is 4.74 Å². The Labute approximate surface area is 149 Å². The number of sulfonamides is 1. The molecule has 0 radical (unpaired) electrons. The molecular formula is C18H25NO5S. The summed E-state index contributed by atoms with van der Waals surface area (Å²) >= 11 is 0.